The fraction of sp³-hybridized carbons (Fsp3) is 0.318. The second-order valence-electron chi connectivity index (χ2n) is 8.14. The molecule has 8 heteroatoms. The summed E-state index contributed by atoms with van der Waals surface area (Å²) in [5.41, 5.74) is 3.26. The lowest BCUT2D eigenvalue weighted by atomic mass is 9.87. The number of carbonyl (C=O) groups is 1. The van der Waals surface area contributed by atoms with Crippen molar-refractivity contribution in [1.29, 1.82) is 0 Å². The monoisotopic (exact) mass is 404 g/mol. The lowest BCUT2D eigenvalue weighted by Crippen LogP contribution is -2.24. The van der Waals surface area contributed by atoms with Crippen molar-refractivity contribution in [2.45, 2.75) is 46.1 Å². The summed E-state index contributed by atoms with van der Waals surface area (Å²) in [5.74, 6) is 1.59. The van der Waals surface area contributed by atoms with Gasteiger partial charge in [-0.3, -0.25) is 9.20 Å². The number of nitrogens with one attached hydrogen (secondary N) is 1. The number of rotatable bonds is 5. The molecule has 0 saturated carbocycles. The summed E-state index contributed by atoms with van der Waals surface area (Å²) in [6, 6.07) is 11.4. The maximum Gasteiger partial charge on any atom is 0.258 e. The van der Waals surface area contributed by atoms with Crippen molar-refractivity contribution in [1.82, 2.24) is 30.1 Å². The first-order valence-electron chi connectivity index (χ1n) is 9.90. The van der Waals surface area contributed by atoms with Gasteiger partial charge in [0.15, 0.2) is 17.3 Å². The minimum absolute atomic E-state index is 0.0492. The SMILES string of the molecule is CCc1noc(-c2ccn3c(CNC(=O)c4ccc(C(C)(C)C)cc4)nnc3c2)n1. The highest BCUT2D eigenvalue weighted by Crippen LogP contribution is 2.22. The van der Waals surface area contributed by atoms with E-state index in [4.69, 9.17) is 4.52 Å². The van der Waals surface area contributed by atoms with Crippen LogP contribution in [0.15, 0.2) is 47.1 Å². The molecule has 1 aromatic carbocycles. The Morgan fingerprint density at radius 3 is 2.57 bits per heavy atom. The fourth-order valence-corrected chi connectivity index (χ4v) is 3.09. The number of benzene rings is 1. The van der Waals surface area contributed by atoms with Crippen molar-refractivity contribution in [3.05, 3.63) is 65.4 Å². The summed E-state index contributed by atoms with van der Waals surface area (Å²) in [4.78, 5) is 16.8. The van der Waals surface area contributed by atoms with E-state index in [0.717, 1.165) is 5.56 Å². The van der Waals surface area contributed by atoms with Gasteiger partial charge in [-0.25, -0.2) is 0 Å². The first-order chi connectivity index (χ1) is 14.3. The molecular formula is C22H24N6O2. The molecule has 3 aromatic heterocycles. The zero-order valence-electron chi connectivity index (χ0n) is 17.5. The Morgan fingerprint density at radius 1 is 1.13 bits per heavy atom. The number of pyridine rings is 1. The number of fused-ring (bicyclic) bond motifs is 1. The van der Waals surface area contributed by atoms with Gasteiger partial charge in [-0.05, 0) is 35.2 Å². The Bertz CT molecular complexity index is 1180. The van der Waals surface area contributed by atoms with Crippen LogP contribution in [0.1, 0.15) is 55.3 Å². The molecule has 0 radical (unpaired) electrons. The van der Waals surface area contributed by atoms with Crippen molar-refractivity contribution in [3.8, 4) is 11.5 Å². The first-order valence-corrected chi connectivity index (χ1v) is 9.90. The van der Waals surface area contributed by atoms with Gasteiger partial charge in [-0.1, -0.05) is 45.0 Å². The van der Waals surface area contributed by atoms with Crippen LogP contribution in [0.5, 0.6) is 0 Å². The van der Waals surface area contributed by atoms with Crippen LogP contribution >= 0.6 is 0 Å². The minimum Gasteiger partial charge on any atom is -0.345 e. The molecule has 8 nitrogen and oxygen atoms in total. The molecule has 154 valence electrons. The summed E-state index contributed by atoms with van der Waals surface area (Å²) >= 11 is 0. The quantitative estimate of drug-likeness (QED) is 0.546. The average molecular weight is 404 g/mol. The molecule has 0 aliphatic rings. The normalized spacial score (nSPS) is 11.7. The topological polar surface area (TPSA) is 98.2 Å². The predicted octanol–water partition coefficient (Wildman–Crippen LogP) is 3.57. The van der Waals surface area contributed by atoms with Crippen molar-refractivity contribution in [2.24, 2.45) is 0 Å². The van der Waals surface area contributed by atoms with Crippen molar-refractivity contribution in [2.75, 3.05) is 0 Å². The van der Waals surface area contributed by atoms with E-state index in [2.05, 4.69) is 46.4 Å². The molecule has 4 aromatic rings. The molecule has 3 heterocycles. The van der Waals surface area contributed by atoms with Gasteiger partial charge in [0.05, 0.1) is 6.54 Å². The van der Waals surface area contributed by atoms with Crippen LogP contribution in [-0.4, -0.2) is 30.6 Å². The Balaban J connectivity index is 1.47. The number of hydrogen-bond acceptors (Lipinski definition) is 6. The lowest BCUT2D eigenvalue weighted by Gasteiger charge is -2.19. The third kappa shape index (κ3) is 3.94. The van der Waals surface area contributed by atoms with E-state index in [0.29, 0.717) is 35.2 Å². The zero-order valence-corrected chi connectivity index (χ0v) is 17.5. The summed E-state index contributed by atoms with van der Waals surface area (Å²) < 4.78 is 7.10. The molecule has 0 atom stereocenters. The van der Waals surface area contributed by atoms with Gasteiger partial charge in [-0.2, -0.15) is 4.98 Å². The molecule has 1 amide bonds. The van der Waals surface area contributed by atoms with Crippen LogP contribution < -0.4 is 5.32 Å². The predicted molar refractivity (Wildman–Crippen MR) is 112 cm³/mol. The van der Waals surface area contributed by atoms with Gasteiger partial charge in [0.25, 0.3) is 11.8 Å². The van der Waals surface area contributed by atoms with Crippen LogP contribution in [0, 0.1) is 0 Å². The average Bonchev–Trinajstić information content (AvgIpc) is 3.38. The summed E-state index contributed by atoms with van der Waals surface area (Å²) in [6.45, 7) is 8.66. The van der Waals surface area contributed by atoms with E-state index < -0.39 is 0 Å². The third-order valence-electron chi connectivity index (χ3n) is 4.93. The number of amides is 1. The van der Waals surface area contributed by atoms with Crippen LogP contribution in [0.25, 0.3) is 17.1 Å². The molecule has 0 fully saturated rings. The van der Waals surface area contributed by atoms with E-state index in [1.807, 2.05) is 53.9 Å². The van der Waals surface area contributed by atoms with Gasteiger partial charge in [-0.15, -0.1) is 10.2 Å². The van der Waals surface area contributed by atoms with Crippen LogP contribution in [0.2, 0.25) is 0 Å². The highest BCUT2D eigenvalue weighted by Gasteiger charge is 2.15. The lowest BCUT2D eigenvalue weighted by molar-refractivity contribution is 0.0949. The number of hydrogen-bond donors (Lipinski definition) is 1. The number of aryl methyl sites for hydroxylation is 1. The van der Waals surface area contributed by atoms with Crippen LogP contribution in [0.4, 0.5) is 0 Å². The van der Waals surface area contributed by atoms with Crippen molar-refractivity contribution in [3.63, 3.8) is 0 Å². The summed E-state index contributed by atoms with van der Waals surface area (Å²) in [7, 11) is 0. The molecule has 1 N–H and O–H groups in total. The number of nitrogens with zero attached hydrogens (tertiary/aromatic N) is 5. The third-order valence-corrected chi connectivity index (χ3v) is 4.93. The first kappa shape index (κ1) is 19.8. The van der Waals surface area contributed by atoms with E-state index in [-0.39, 0.29) is 17.9 Å². The smallest absolute Gasteiger partial charge is 0.258 e. The molecular weight excluding hydrogens is 380 g/mol. The van der Waals surface area contributed by atoms with Crippen LogP contribution in [0.3, 0.4) is 0 Å². The Hall–Kier alpha value is -3.55. The Labute approximate surface area is 174 Å². The second-order valence-corrected chi connectivity index (χ2v) is 8.14. The number of carbonyl (C=O) groups excluding carboxylic acids is 1. The highest BCUT2D eigenvalue weighted by atomic mass is 16.5. The van der Waals surface area contributed by atoms with Gasteiger partial charge < -0.3 is 9.84 Å². The van der Waals surface area contributed by atoms with Crippen LogP contribution in [-0.2, 0) is 18.4 Å². The molecule has 0 bridgehead atoms. The minimum atomic E-state index is -0.151. The molecule has 30 heavy (non-hydrogen) atoms. The van der Waals surface area contributed by atoms with Gasteiger partial charge in [0.2, 0.25) is 0 Å². The van der Waals surface area contributed by atoms with Gasteiger partial charge in [0.1, 0.15) is 0 Å². The molecule has 0 aliphatic carbocycles. The summed E-state index contributed by atoms with van der Waals surface area (Å²) in [5, 5.41) is 15.2. The zero-order chi connectivity index (χ0) is 21.3. The van der Waals surface area contributed by atoms with Crippen molar-refractivity contribution < 1.29 is 9.32 Å². The molecule has 0 spiro atoms. The van der Waals surface area contributed by atoms with E-state index in [1.165, 1.54) is 5.56 Å². The van der Waals surface area contributed by atoms with E-state index >= 15 is 0 Å². The van der Waals surface area contributed by atoms with Gasteiger partial charge >= 0.3 is 0 Å². The Kier molecular flexibility index (Phi) is 5.07. The Morgan fingerprint density at radius 2 is 1.90 bits per heavy atom. The fourth-order valence-electron chi connectivity index (χ4n) is 3.09. The summed E-state index contributed by atoms with van der Waals surface area (Å²) in [6.07, 6.45) is 2.54. The van der Waals surface area contributed by atoms with E-state index in [1.54, 1.807) is 0 Å². The number of aromatic nitrogens is 5. The maximum absolute atomic E-state index is 12.5. The standard InChI is InChI=1S/C22H24N6O2/c1-5-17-24-21(30-27-17)15-10-11-28-18(12-15)25-26-19(28)13-23-20(29)14-6-8-16(9-7-14)22(2,3)4/h6-12H,5,13H2,1-4H3,(H,23,29). The molecule has 0 aliphatic heterocycles. The van der Waals surface area contributed by atoms with E-state index in [9.17, 15) is 4.79 Å². The highest BCUT2D eigenvalue weighted by molar-refractivity contribution is 5.94. The molecule has 0 saturated heterocycles. The second kappa shape index (κ2) is 7.70. The van der Waals surface area contributed by atoms with Gasteiger partial charge in [0, 0.05) is 23.7 Å². The molecule has 0 unspecified atom stereocenters. The maximum atomic E-state index is 12.5. The molecule has 4 rings (SSSR count). The largest absolute Gasteiger partial charge is 0.345 e. The van der Waals surface area contributed by atoms with Crippen molar-refractivity contribution >= 4 is 11.6 Å².